The number of rotatable bonds is 12. The molecule has 0 saturated heterocycles. The summed E-state index contributed by atoms with van der Waals surface area (Å²) in [6.07, 6.45) is 0. The fourth-order valence-electron chi connectivity index (χ4n) is 6.02. The number of methoxy groups -OCH3 is 4. The van der Waals surface area contributed by atoms with Gasteiger partial charge in [-0.2, -0.15) is 0 Å². The minimum absolute atomic E-state index is 0.818. The van der Waals surface area contributed by atoms with Gasteiger partial charge in [-0.15, -0.1) is 11.3 Å². The maximum absolute atomic E-state index is 5.41. The molecule has 0 bridgehead atoms. The molecule has 0 spiro atoms. The summed E-state index contributed by atoms with van der Waals surface area (Å²) in [5.41, 5.74) is 8.59. The van der Waals surface area contributed by atoms with Crippen molar-refractivity contribution < 1.29 is 18.9 Å². The zero-order chi connectivity index (χ0) is 35.2. The van der Waals surface area contributed by atoms with Gasteiger partial charge in [0.2, 0.25) is 0 Å². The summed E-state index contributed by atoms with van der Waals surface area (Å²) in [6.45, 7) is 0. The molecule has 7 aromatic rings. The van der Waals surface area contributed by atoms with E-state index in [0.717, 1.165) is 57.1 Å². The highest BCUT2D eigenvalue weighted by Crippen LogP contribution is 2.41. The van der Waals surface area contributed by atoms with E-state index in [2.05, 4.69) is 119 Å². The predicted octanol–water partition coefficient (Wildman–Crippen LogP) is 12.1. The van der Waals surface area contributed by atoms with Crippen LogP contribution in [0.5, 0.6) is 23.0 Å². The molecule has 7 rings (SSSR count). The molecule has 0 amide bonds. The number of nitrogens with zero attached hydrogens (tertiary/aromatic N) is 2. The Labute approximate surface area is 303 Å². The highest BCUT2D eigenvalue weighted by Gasteiger charge is 2.16. The average Bonchev–Trinajstić information content (AvgIpc) is 3.70. The van der Waals surface area contributed by atoms with Crippen molar-refractivity contribution in [3.8, 4) is 43.9 Å². The Kier molecular flexibility index (Phi) is 9.90. The molecule has 0 aliphatic heterocycles. The van der Waals surface area contributed by atoms with Crippen LogP contribution in [0.25, 0.3) is 20.9 Å². The maximum atomic E-state index is 5.41. The molecule has 0 radical (unpaired) electrons. The Bertz CT molecular complexity index is 1910. The standard InChI is InChI=1S/C44H38N2O4S/c1-47-39-21-13-35(14-22-39)45(36-15-23-40(48-2)24-16-36)33-9-5-31(6-10-33)43-29-30-44(51-43)32-7-11-34(12-8-32)46(37-17-25-41(49-3)26-18-37)38-19-27-42(50-4)28-20-38/h5-30H,1-4H3. The van der Waals surface area contributed by atoms with E-state index >= 15 is 0 Å². The Morgan fingerprint density at radius 3 is 0.725 bits per heavy atom. The molecule has 0 atom stereocenters. The lowest BCUT2D eigenvalue weighted by atomic mass is 10.1. The number of hydrogen-bond donors (Lipinski definition) is 0. The lowest BCUT2D eigenvalue weighted by Crippen LogP contribution is -2.09. The first kappa shape index (κ1) is 33.3. The molecule has 0 aliphatic rings. The summed E-state index contributed by atoms with van der Waals surface area (Å²) in [4.78, 5) is 6.87. The smallest absolute Gasteiger partial charge is 0.119 e. The molecule has 0 aliphatic carbocycles. The second kappa shape index (κ2) is 15.2. The molecule has 1 aromatic heterocycles. The molecule has 0 unspecified atom stereocenters. The first-order valence-electron chi connectivity index (χ1n) is 16.5. The molecule has 254 valence electrons. The lowest BCUT2D eigenvalue weighted by molar-refractivity contribution is 0.414. The number of thiophene rings is 1. The van der Waals surface area contributed by atoms with E-state index in [1.54, 1.807) is 39.8 Å². The van der Waals surface area contributed by atoms with Gasteiger partial charge in [0, 0.05) is 43.9 Å². The number of anilines is 6. The molecule has 0 saturated carbocycles. The van der Waals surface area contributed by atoms with Gasteiger partial charge in [-0.1, -0.05) is 24.3 Å². The van der Waals surface area contributed by atoms with Crippen molar-refractivity contribution in [2.24, 2.45) is 0 Å². The highest BCUT2D eigenvalue weighted by atomic mass is 32.1. The topological polar surface area (TPSA) is 43.4 Å². The summed E-state index contributed by atoms with van der Waals surface area (Å²) >= 11 is 1.79. The molecular weight excluding hydrogens is 653 g/mol. The van der Waals surface area contributed by atoms with Gasteiger partial charge < -0.3 is 28.7 Å². The van der Waals surface area contributed by atoms with Crippen molar-refractivity contribution >= 4 is 45.5 Å². The lowest BCUT2D eigenvalue weighted by Gasteiger charge is -2.26. The van der Waals surface area contributed by atoms with Crippen LogP contribution >= 0.6 is 11.3 Å². The Morgan fingerprint density at radius 1 is 0.294 bits per heavy atom. The molecule has 1 heterocycles. The first-order chi connectivity index (χ1) is 25.1. The van der Waals surface area contributed by atoms with E-state index in [4.69, 9.17) is 18.9 Å². The van der Waals surface area contributed by atoms with E-state index in [1.165, 1.54) is 20.9 Å². The molecule has 51 heavy (non-hydrogen) atoms. The van der Waals surface area contributed by atoms with Crippen molar-refractivity contribution in [1.82, 2.24) is 0 Å². The maximum Gasteiger partial charge on any atom is 0.119 e. The largest absolute Gasteiger partial charge is 0.497 e. The Balaban J connectivity index is 1.14. The molecule has 6 aromatic carbocycles. The van der Waals surface area contributed by atoms with E-state index in [1.807, 2.05) is 48.5 Å². The molecule has 0 fully saturated rings. The van der Waals surface area contributed by atoms with Gasteiger partial charge in [-0.25, -0.2) is 0 Å². The Morgan fingerprint density at radius 2 is 0.510 bits per heavy atom. The SMILES string of the molecule is COc1ccc(N(c2ccc(OC)cc2)c2ccc(-c3ccc(-c4ccc(N(c5ccc(OC)cc5)c5ccc(OC)cc5)cc4)s3)cc2)cc1. The van der Waals surface area contributed by atoms with Gasteiger partial charge >= 0.3 is 0 Å². The second-order valence-corrected chi connectivity index (χ2v) is 12.8. The van der Waals surface area contributed by atoms with Crippen LogP contribution in [0, 0.1) is 0 Å². The number of ether oxygens (including phenoxy) is 4. The average molecular weight is 691 g/mol. The van der Waals surface area contributed by atoms with Crippen molar-refractivity contribution in [2.75, 3.05) is 38.2 Å². The monoisotopic (exact) mass is 690 g/mol. The quantitative estimate of drug-likeness (QED) is 0.127. The van der Waals surface area contributed by atoms with Crippen LogP contribution in [-0.2, 0) is 0 Å². The summed E-state index contributed by atoms with van der Waals surface area (Å²) in [7, 11) is 6.73. The highest BCUT2D eigenvalue weighted by molar-refractivity contribution is 7.18. The first-order valence-corrected chi connectivity index (χ1v) is 17.4. The zero-order valence-electron chi connectivity index (χ0n) is 28.9. The van der Waals surface area contributed by atoms with Crippen LogP contribution in [0.15, 0.2) is 158 Å². The van der Waals surface area contributed by atoms with Crippen molar-refractivity contribution in [1.29, 1.82) is 0 Å². The fraction of sp³-hybridized carbons (Fsp3) is 0.0909. The summed E-state index contributed by atoms with van der Waals surface area (Å²) in [5, 5.41) is 0. The predicted molar refractivity (Wildman–Crippen MR) is 211 cm³/mol. The van der Waals surface area contributed by atoms with E-state index in [9.17, 15) is 0 Å². The van der Waals surface area contributed by atoms with Gasteiger partial charge in [0.15, 0.2) is 0 Å². The summed E-state index contributed by atoms with van der Waals surface area (Å²) in [6, 6.07) is 54.3. The minimum Gasteiger partial charge on any atom is -0.497 e. The minimum atomic E-state index is 0.818. The fourth-order valence-corrected chi connectivity index (χ4v) is 7.03. The van der Waals surface area contributed by atoms with Gasteiger partial charge in [-0.3, -0.25) is 0 Å². The van der Waals surface area contributed by atoms with Crippen LogP contribution in [0.4, 0.5) is 34.1 Å². The molecule has 6 nitrogen and oxygen atoms in total. The molecule has 7 heteroatoms. The van der Waals surface area contributed by atoms with Crippen LogP contribution < -0.4 is 28.7 Å². The summed E-state index contributed by atoms with van der Waals surface area (Å²) < 4.78 is 21.7. The van der Waals surface area contributed by atoms with Crippen LogP contribution in [0.1, 0.15) is 0 Å². The van der Waals surface area contributed by atoms with Crippen molar-refractivity contribution in [2.45, 2.75) is 0 Å². The van der Waals surface area contributed by atoms with Gasteiger partial charge in [-0.05, 0) is 145 Å². The third-order valence-electron chi connectivity index (χ3n) is 8.75. The third kappa shape index (κ3) is 7.25. The normalized spacial score (nSPS) is 10.7. The second-order valence-electron chi connectivity index (χ2n) is 11.7. The van der Waals surface area contributed by atoms with E-state index < -0.39 is 0 Å². The third-order valence-corrected chi connectivity index (χ3v) is 9.93. The number of benzene rings is 6. The zero-order valence-corrected chi connectivity index (χ0v) is 29.8. The summed E-state index contributed by atoms with van der Waals surface area (Å²) in [5.74, 6) is 3.27. The van der Waals surface area contributed by atoms with Gasteiger partial charge in [0.25, 0.3) is 0 Å². The van der Waals surface area contributed by atoms with Crippen LogP contribution in [0.3, 0.4) is 0 Å². The Hall–Kier alpha value is -6.18. The van der Waals surface area contributed by atoms with Crippen molar-refractivity contribution in [3.05, 3.63) is 158 Å². The van der Waals surface area contributed by atoms with Crippen LogP contribution in [-0.4, -0.2) is 28.4 Å². The number of hydrogen-bond acceptors (Lipinski definition) is 7. The van der Waals surface area contributed by atoms with E-state index in [-0.39, 0.29) is 0 Å². The van der Waals surface area contributed by atoms with Gasteiger partial charge in [0.05, 0.1) is 28.4 Å². The van der Waals surface area contributed by atoms with Crippen LogP contribution in [0.2, 0.25) is 0 Å². The van der Waals surface area contributed by atoms with Crippen molar-refractivity contribution in [3.63, 3.8) is 0 Å². The van der Waals surface area contributed by atoms with Gasteiger partial charge in [0.1, 0.15) is 23.0 Å². The molecule has 0 N–H and O–H groups in total. The molecular formula is C44H38N2O4S. The van der Waals surface area contributed by atoms with E-state index in [0.29, 0.717) is 0 Å².